The van der Waals surface area contributed by atoms with Crippen LogP contribution in [0.3, 0.4) is 0 Å². The lowest BCUT2D eigenvalue weighted by Gasteiger charge is -2.34. The summed E-state index contributed by atoms with van der Waals surface area (Å²) in [4.78, 5) is 0. The second-order valence-electron chi connectivity index (χ2n) is 18.8. The number of rotatable bonds is 9. The molecule has 0 aliphatic heterocycles. The van der Waals surface area contributed by atoms with Gasteiger partial charge in [-0.2, -0.15) is 0 Å². The first kappa shape index (κ1) is 35.5. The fourth-order valence-corrected chi connectivity index (χ4v) is 13.4. The van der Waals surface area contributed by atoms with Gasteiger partial charge in [0.1, 0.15) is 0 Å². The first-order valence-electron chi connectivity index (χ1n) is 16.0. The van der Waals surface area contributed by atoms with E-state index in [0.29, 0.717) is 0 Å². The molecule has 4 heteroatoms. The van der Waals surface area contributed by atoms with E-state index < -0.39 is 32.3 Å². The highest BCUT2D eigenvalue weighted by Gasteiger charge is 2.32. The quantitative estimate of drug-likeness (QED) is 0.196. The molecule has 0 N–H and O–H groups in total. The summed E-state index contributed by atoms with van der Waals surface area (Å²) in [6, 6.07) is 10.7. The van der Waals surface area contributed by atoms with Crippen molar-refractivity contribution in [1.82, 2.24) is 0 Å². The van der Waals surface area contributed by atoms with Gasteiger partial charge in [-0.3, -0.25) is 0 Å². The molecule has 0 aliphatic rings. The molecule has 0 spiro atoms. The Balaban J connectivity index is 2.49. The molecule has 2 aromatic rings. The van der Waals surface area contributed by atoms with E-state index in [1.54, 1.807) is 43.0 Å². The molecule has 0 fully saturated rings. The van der Waals surface area contributed by atoms with Gasteiger partial charge in [-0.15, -0.1) is 0 Å². The van der Waals surface area contributed by atoms with E-state index in [1.165, 1.54) is 25.7 Å². The van der Waals surface area contributed by atoms with Crippen molar-refractivity contribution < 1.29 is 0 Å². The van der Waals surface area contributed by atoms with Crippen LogP contribution in [0.15, 0.2) is 24.3 Å². The van der Waals surface area contributed by atoms with Crippen LogP contribution < -0.4 is 20.7 Å². The first-order chi connectivity index (χ1) is 17.6. The molecule has 0 heterocycles. The number of benzene rings is 2. The van der Waals surface area contributed by atoms with E-state index in [4.69, 9.17) is 0 Å². The molecule has 40 heavy (non-hydrogen) atoms. The maximum absolute atomic E-state index is 2.69. The van der Waals surface area contributed by atoms with Gasteiger partial charge in [-0.25, -0.2) is 0 Å². The Labute approximate surface area is 255 Å². The molecule has 0 saturated heterocycles. The summed E-state index contributed by atoms with van der Waals surface area (Å²) in [5.74, 6) is 0. The third-order valence-corrected chi connectivity index (χ3v) is 16.7. The van der Waals surface area contributed by atoms with Gasteiger partial charge >= 0.3 is 0 Å². The Morgan fingerprint density at radius 1 is 0.400 bits per heavy atom. The van der Waals surface area contributed by atoms with Crippen LogP contribution in [0.2, 0.25) is 78.6 Å². The molecular weight excluding hydrogens is 545 g/mol. The van der Waals surface area contributed by atoms with Gasteiger partial charge < -0.3 is 0 Å². The summed E-state index contributed by atoms with van der Waals surface area (Å²) >= 11 is 0. The zero-order valence-corrected chi connectivity index (χ0v) is 34.1. The molecule has 0 atom stereocenters. The highest BCUT2D eigenvalue weighted by atomic mass is 28.3. The normalized spacial score (nSPS) is 14.2. The number of unbranched alkanes of at least 4 members (excludes halogenated alkanes) is 1. The van der Waals surface area contributed by atoms with Gasteiger partial charge in [0.05, 0.1) is 32.3 Å². The average Bonchev–Trinajstić information content (AvgIpc) is 2.71. The van der Waals surface area contributed by atoms with Crippen molar-refractivity contribution >= 4 is 53.0 Å². The molecule has 0 radical (unpaired) electrons. The van der Waals surface area contributed by atoms with Crippen molar-refractivity contribution in [2.45, 2.75) is 157 Å². The van der Waals surface area contributed by atoms with Crippen molar-refractivity contribution in [3.63, 3.8) is 0 Å². The van der Waals surface area contributed by atoms with Crippen molar-refractivity contribution in [2.75, 3.05) is 0 Å². The van der Waals surface area contributed by atoms with E-state index in [-0.39, 0.29) is 10.8 Å². The highest BCUT2D eigenvalue weighted by molar-refractivity contribution is 6.91. The van der Waals surface area contributed by atoms with Crippen LogP contribution in [0.25, 0.3) is 0 Å². The summed E-state index contributed by atoms with van der Waals surface area (Å²) in [5.41, 5.74) is 6.96. The van der Waals surface area contributed by atoms with Gasteiger partial charge in [-0.1, -0.05) is 165 Å². The Morgan fingerprint density at radius 2 is 0.650 bits per heavy atom. The minimum atomic E-state index is -1.46. The second kappa shape index (κ2) is 11.8. The fraction of sp³-hybridized carbons (Fsp3) is 0.667. The van der Waals surface area contributed by atoms with Gasteiger partial charge in [0.15, 0.2) is 0 Å². The molecule has 0 unspecified atom stereocenters. The molecule has 0 aliphatic carbocycles. The van der Waals surface area contributed by atoms with E-state index in [2.05, 4.69) is 144 Å². The summed E-state index contributed by atoms with van der Waals surface area (Å²) in [7, 11) is -5.81. The predicted molar refractivity (Wildman–Crippen MR) is 199 cm³/mol. The highest BCUT2D eigenvalue weighted by Crippen LogP contribution is 2.27. The molecule has 0 amide bonds. The number of aryl methyl sites for hydroxylation is 2. The molecule has 2 rings (SSSR count). The maximum atomic E-state index is 2.69. The zero-order chi connectivity index (χ0) is 31.3. The summed E-state index contributed by atoms with van der Waals surface area (Å²) in [5, 5.41) is 6.79. The maximum Gasteiger partial charge on any atom is 0.0779 e. The van der Waals surface area contributed by atoms with Crippen molar-refractivity contribution in [2.24, 2.45) is 0 Å². The van der Waals surface area contributed by atoms with Crippen molar-refractivity contribution in [1.29, 1.82) is 0 Å². The van der Waals surface area contributed by atoms with Gasteiger partial charge in [0.25, 0.3) is 0 Å². The molecule has 0 aromatic heterocycles. The molecule has 0 saturated carbocycles. The van der Waals surface area contributed by atoms with Crippen LogP contribution in [0.5, 0.6) is 0 Å². The molecular formula is C36H66Si4. The third-order valence-electron chi connectivity index (χ3n) is 8.48. The lowest BCUT2D eigenvalue weighted by atomic mass is 9.85. The number of hydrogen-bond acceptors (Lipinski definition) is 0. The Kier molecular flexibility index (Phi) is 10.4. The largest absolute Gasteiger partial charge is 0.0779 e. The van der Waals surface area contributed by atoms with E-state index in [0.717, 1.165) is 0 Å². The molecule has 0 nitrogen and oxygen atoms in total. The first-order valence-corrected chi connectivity index (χ1v) is 30.0. The summed E-state index contributed by atoms with van der Waals surface area (Å²) in [6.07, 6.45) is 5.02. The monoisotopic (exact) mass is 610 g/mol. The van der Waals surface area contributed by atoms with Crippen LogP contribution in [-0.2, 0) is 23.7 Å². The van der Waals surface area contributed by atoms with E-state index in [9.17, 15) is 0 Å². The zero-order valence-electron chi connectivity index (χ0n) is 30.1. The second-order valence-corrected chi connectivity index (χ2v) is 39.0. The van der Waals surface area contributed by atoms with Crippen LogP contribution in [-0.4, -0.2) is 32.3 Å². The average molecular weight is 611 g/mol. The van der Waals surface area contributed by atoms with Crippen LogP contribution >= 0.6 is 0 Å². The summed E-state index contributed by atoms with van der Waals surface area (Å²) < 4.78 is 0. The van der Waals surface area contributed by atoms with Gasteiger partial charge in [0.2, 0.25) is 0 Å². The fourth-order valence-electron chi connectivity index (χ4n) is 6.21. The Morgan fingerprint density at radius 3 is 0.850 bits per heavy atom. The minimum absolute atomic E-state index is 0.198. The Bertz CT molecular complexity index is 1080. The lowest BCUT2D eigenvalue weighted by molar-refractivity contribution is 0.593. The predicted octanol–water partition coefficient (Wildman–Crippen LogP) is 9.03. The Hall–Kier alpha value is -0.692. The van der Waals surface area contributed by atoms with Crippen LogP contribution in [0.4, 0.5) is 0 Å². The van der Waals surface area contributed by atoms with Gasteiger partial charge in [-0.05, 0) is 58.8 Å². The van der Waals surface area contributed by atoms with E-state index in [1.807, 2.05) is 0 Å². The molecule has 226 valence electrons. The standard InChI is InChI=1S/C36H66Si4/c1-35(2,3)29-25-31(37(7,8)9)27(23-33(29)39(13,14)15)21-19-20-22-28-24-34(40(16,17)18)30(36(4,5)6)26-32(28)38(10,11)12/h23-26H,19-22H2,1-18H3. The van der Waals surface area contributed by atoms with Crippen molar-refractivity contribution in [3.8, 4) is 0 Å². The third kappa shape index (κ3) is 8.91. The lowest BCUT2D eigenvalue weighted by Crippen LogP contribution is -2.48. The minimum Gasteiger partial charge on any atom is -0.0656 e. The van der Waals surface area contributed by atoms with Gasteiger partial charge in [0, 0.05) is 0 Å². The van der Waals surface area contributed by atoms with Crippen molar-refractivity contribution in [3.05, 3.63) is 46.5 Å². The topological polar surface area (TPSA) is 0 Å². The number of hydrogen-bond donors (Lipinski definition) is 0. The smallest absolute Gasteiger partial charge is 0.0656 e. The SMILES string of the molecule is CC(C)(C)c1cc([Si](C)(C)C)c(CCCCc2cc([Si](C)(C)C)c(C(C)(C)C)cc2[Si](C)(C)C)cc1[Si](C)(C)C. The van der Waals surface area contributed by atoms with Crippen LogP contribution in [0, 0.1) is 0 Å². The molecule has 2 aromatic carbocycles. The molecule has 0 bridgehead atoms. The van der Waals surface area contributed by atoms with E-state index >= 15 is 0 Å². The van der Waals surface area contributed by atoms with Crippen LogP contribution in [0.1, 0.15) is 76.6 Å². The summed E-state index contributed by atoms with van der Waals surface area (Å²) in [6.45, 7) is 44.9.